The van der Waals surface area contributed by atoms with Crippen LogP contribution in [0.1, 0.15) is 62.9 Å². The predicted molar refractivity (Wildman–Crippen MR) is 151 cm³/mol. The highest BCUT2D eigenvalue weighted by Crippen LogP contribution is 2.33. The van der Waals surface area contributed by atoms with Crippen molar-refractivity contribution in [3.63, 3.8) is 0 Å². The third kappa shape index (κ3) is 9.07. The molecule has 0 bridgehead atoms. The molecule has 1 N–H and O–H groups in total. The molecule has 1 aliphatic heterocycles. The van der Waals surface area contributed by atoms with E-state index in [0.717, 1.165) is 31.4 Å². The average molecular weight is 585 g/mol. The molecule has 0 spiro atoms. The third-order valence-electron chi connectivity index (χ3n) is 7.38. The lowest BCUT2D eigenvalue weighted by atomic mass is 9.89. The maximum absolute atomic E-state index is 13.3. The van der Waals surface area contributed by atoms with Gasteiger partial charge in [-0.2, -0.15) is 0 Å². The molecule has 1 saturated carbocycles. The first-order valence-corrected chi connectivity index (χ1v) is 14.5. The van der Waals surface area contributed by atoms with E-state index in [2.05, 4.69) is 10.3 Å². The van der Waals surface area contributed by atoms with Crippen LogP contribution in [0.4, 0.5) is 0 Å². The number of nitrogens with one attached hydrogen (secondary N) is 1. The highest BCUT2D eigenvalue weighted by molar-refractivity contribution is 5.98. The van der Waals surface area contributed by atoms with Gasteiger partial charge in [-0.25, -0.2) is 9.78 Å². The molecule has 1 saturated heterocycles. The second-order valence-electron chi connectivity index (χ2n) is 10.6. The summed E-state index contributed by atoms with van der Waals surface area (Å²) in [5.41, 5.74) is -0.108. The smallest absolute Gasteiger partial charge is 0.329 e. The Kier molecular flexibility index (Phi) is 11.4. The summed E-state index contributed by atoms with van der Waals surface area (Å²) in [5, 5.41) is 2.76. The van der Waals surface area contributed by atoms with Crippen LogP contribution in [0.5, 0.6) is 17.2 Å². The summed E-state index contributed by atoms with van der Waals surface area (Å²) in [7, 11) is 1.41. The summed E-state index contributed by atoms with van der Waals surface area (Å²) in [4.78, 5) is 41.9. The van der Waals surface area contributed by atoms with Crippen molar-refractivity contribution in [1.82, 2.24) is 10.3 Å². The molecule has 1 amide bonds. The quantitative estimate of drug-likeness (QED) is 0.271. The standard InChI is InChI=1S/C31H40N2O9/c1-20-28(39-18-22-12-13-22)23(15-17-38-24-9-5-4-6-10-24)8-7-11-25(31(36)42-20)33-30(35)27-29(41-19-40-21(2)34)26(37-3)14-16-32-27/h4-6,9-10,14,16,20,22-23,25,28H,7-8,11-13,15,17-19H2,1-3H3,(H,33,35). The molecule has 11 heteroatoms. The molecule has 42 heavy (non-hydrogen) atoms. The van der Waals surface area contributed by atoms with Crippen molar-refractivity contribution in [2.75, 3.05) is 27.1 Å². The minimum atomic E-state index is -0.905. The number of cyclic esters (lactones) is 1. The minimum Gasteiger partial charge on any atom is -0.494 e. The van der Waals surface area contributed by atoms with Crippen molar-refractivity contribution >= 4 is 17.8 Å². The number of nitrogens with zero attached hydrogens (tertiary/aromatic N) is 1. The van der Waals surface area contributed by atoms with Gasteiger partial charge >= 0.3 is 11.9 Å². The highest BCUT2D eigenvalue weighted by atomic mass is 16.7. The number of aromatic nitrogens is 1. The number of hydrogen-bond donors (Lipinski definition) is 1. The van der Waals surface area contributed by atoms with Crippen LogP contribution in [-0.2, 0) is 23.8 Å². The van der Waals surface area contributed by atoms with Crippen molar-refractivity contribution < 1.29 is 42.8 Å². The Labute approximate surface area is 246 Å². The number of rotatable bonds is 13. The summed E-state index contributed by atoms with van der Waals surface area (Å²) in [6, 6.07) is 10.3. The number of carbonyl (C=O) groups excluding carboxylic acids is 3. The lowest BCUT2D eigenvalue weighted by Crippen LogP contribution is -2.44. The van der Waals surface area contributed by atoms with Gasteiger partial charge in [-0.15, -0.1) is 0 Å². The Balaban J connectivity index is 1.44. The van der Waals surface area contributed by atoms with Gasteiger partial charge in [0, 0.05) is 25.8 Å². The molecule has 2 heterocycles. The fourth-order valence-corrected chi connectivity index (χ4v) is 4.96. The summed E-state index contributed by atoms with van der Waals surface area (Å²) in [6.07, 6.45) is 5.43. The summed E-state index contributed by atoms with van der Waals surface area (Å²) in [6.45, 7) is 3.80. The topological polar surface area (TPSA) is 132 Å². The number of hydrogen-bond acceptors (Lipinski definition) is 10. The number of ether oxygens (including phenoxy) is 6. The fraction of sp³-hybridized carbons (Fsp3) is 0.548. The van der Waals surface area contributed by atoms with E-state index in [1.807, 2.05) is 37.3 Å². The molecule has 2 fully saturated rings. The van der Waals surface area contributed by atoms with Gasteiger partial charge in [-0.3, -0.25) is 9.59 Å². The summed E-state index contributed by atoms with van der Waals surface area (Å²) in [5.74, 6) is -0.0410. The predicted octanol–water partition coefficient (Wildman–Crippen LogP) is 4.08. The number of benzene rings is 1. The fourth-order valence-electron chi connectivity index (χ4n) is 4.96. The number of methoxy groups -OCH3 is 1. The van der Waals surface area contributed by atoms with E-state index in [4.69, 9.17) is 28.4 Å². The van der Waals surface area contributed by atoms with Crippen LogP contribution < -0.4 is 19.5 Å². The Morgan fingerprint density at radius 2 is 1.86 bits per heavy atom. The number of para-hydroxylation sites is 1. The molecule has 0 radical (unpaired) electrons. The van der Waals surface area contributed by atoms with Crippen molar-refractivity contribution in [2.24, 2.45) is 11.8 Å². The molecule has 1 aliphatic carbocycles. The second-order valence-corrected chi connectivity index (χ2v) is 10.6. The van der Waals surface area contributed by atoms with E-state index in [9.17, 15) is 14.4 Å². The molecule has 2 aromatic rings. The molecule has 11 nitrogen and oxygen atoms in total. The van der Waals surface area contributed by atoms with Crippen molar-refractivity contribution in [2.45, 2.75) is 70.6 Å². The van der Waals surface area contributed by atoms with Crippen molar-refractivity contribution in [1.29, 1.82) is 0 Å². The lowest BCUT2D eigenvalue weighted by Gasteiger charge is -2.31. The minimum absolute atomic E-state index is 0.00410. The van der Waals surface area contributed by atoms with Gasteiger partial charge in [0.25, 0.3) is 5.91 Å². The van der Waals surface area contributed by atoms with Gasteiger partial charge in [-0.1, -0.05) is 24.6 Å². The number of amides is 1. The Morgan fingerprint density at radius 3 is 2.57 bits per heavy atom. The van der Waals surface area contributed by atoms with Crippen LogP contribution >= 0.6 is 0 Å². The first-order chi connectivity index (χ1) is 20.4. The molecular formula is C31H40N2O9. The largest absolute Gasteiger partial charge is 0.494 e. The van der Waals surface area contributed by atoms with Gasteiger partial charge in [0.2, 0.25) is 6.79 Å². The van der Waals surface area contributed by atoms with Gasteiger partial charge < -0.3 is 33.7 Å². The first kappa shape index (κ1) is 31.1. The molecule has 4 atom stereocenters. The summed E-state index contributed by atoms with van der Waals surface area (Å²) < 4.78 is 33.9. The van der Waals surface area contributed by atoms with E-state index in [1.54, 1.807) is 0 Å². The van der Waals surface area contributed by atoms with Crippen LogP contribution in [0.2, 0.25) is 0 Å². The average Bonchev–Trinajstić information content (AvgIpc) is 3.80. The zero-order valence-electron chi connectivity index (χ0n) is 24.4. The van der Waals surface area contributed by atoms with Crippen LogP contribution in [0.15, 0.2) is 42.6 Å². The van der Waals surface area contributed by atoms with E-state index in [-0.39, 0.29) is 29.2 Å². The second kappa shape index (κ2) is 15.4. The van der Waals surface area contributed by atoms with E-state index in [0.29, 0.717) is 32.0 Å². The SMILES string of the molecule is COc1ccnc(C(=O)NC2CCCC(CCOc3ccccc3)C(OCC3CC3)C(C)OC2=O)c1OCOC(C)=O. The monoisotopic (exact) mass is 584 g/mol. The summed E-state index contributed by atoms with van der Waals surface area (Å²) >= 11 is 0. The van der Waals surface area contributed by atoms with Crippen molar-refractivity contribution in [3.05, 3.63) is 48.3 Å². The Hall–Kier alpha value is -3.86. The molecule has 1 aromatic heterocycles. The van der Waals surface area contributed by atoms with Gasteiger partial charge in [0.15, 0.2) is 17.2 Å². The van der Waals surface area contributed by atoms with Crippen LogP contribution in [-0.4, -0.2) is 68.2 Å². The van der Waals surface area contributed by atoms with E-state index in [1.165, 1.54) is 26.3 Å². The Morgan fingerprint density at radius 1 is 1.07 bits per heavy atom. The van der Waals surface area contributed by atoms with Crippen LogP contribution in [0.3, 0.4) is 0 Å². The van der Waals surface area contributed by atoms with Gasteiger partial charge in [0.1, 0.15) is 17.9 Å². The first-order valence-electron chi connectivity index (χ1n) is 14.5. The highest BCUT2D eigenvalue weighted by Gasteiger charge is 2.36. The van der Waals surface area contributed by atoms with Gasteiger partial charge in [-0.05, 0) is 63.0 Å². The van der Waals surface area contributed by atoms with Crippen LogP contribution in [0.25, 0.3) is 0 Å². The number of carbonyl (C=O) groups is 3. The number of pyridine rings is 1. The molecular weight excluding hydrogens is 544 g/mol. The molecule has 4 rings (SSSR count). The zero-order valence-corrected chi connectivity index (χ0v) is 24.4. The number of esters is 2. The zero-order chi connectivity index (χ0) is 29.9. The normalized spacial score (nSPS) is 22.5. The van der Waals surface area contributed by atoms with Crippen LogP contribution in [0, 0.1) is 11.8 Å². The van der Waals surface area contributed by atoms with Crippen molar-refractivity contribution in [3.8, 4) is 17.2 Å². The van der Waals surface area contributed by atoms with E-state index >= 15 is 0 Å². The maximum Gasteiger partial charge on any atom is 0.329 e. The lowest BCUT2D eigenvalue weighted by molar-refractivity contribution is -0.161. The maximum atomic E-state index is 13.3. The van der Waals surface area contributed by atoms with E-state index < -0.39 is 36.8 Å². The van der Waals surface area contributed by atoms with Gasteiger partial charge in [0.05, 0.1) is 19.8 Å². The molecule has 1 aromatic carbocycles. The third-order valence-corrected chi connectivity index (χ3v) is 7.38. The Bertz CT molecular complexity index is 1190. The molecule has 4 unspecified atom stereocenters. The molecule has 2 aliphatic rings. The molecule has 228 valence electrons.